The van der Waals surface area contributed by atoms with Crippen LogP contribution in [0.15, 0.2) is 18.2 Å². The van der Waals surface area contributed by atoms with E-state index in [2.05, 4.69) is 19.2 Å². The van der Waals surface area contributed by atoms with Crippen molar-refractivity contribution in [2.75, 3.05) is 27.4 Å². The van der Waals surface area contributed by atoms with Gasteiger partial charge in [-0.1, -0.05) is 19.9 Å². The SMILES string of the molecule is COCC(C)Oc1cc(OC)ccc1CNCC(C)C. The zero-order valence-corrected chi connectivity index (χ0v) is 13.2. The third-order valence-corrected chi connectivity index (χ3v) is 2.87. The highest BCUT2D eigenvalue weighted by Gasteiger charge is 2.10. The maximum atomic E-state index is 5.94. The second-order valence-corrected chi connectivity index (χ2v) is 5.38. The standard InChI is InChI=1S/C16H27NO3/c1-12(2)9-17-10-14-6-7-15(19-5)8-16(14)20-13(3)11-18-4/h6-8,12-13,17H,9-11H2,1-5H3. The molecule has 1 N–H and O–H groups in total. The van der Waals surface area contributed by atoms with E-state index in [-0.39, 0.29) is 6.10 Å². The van der Waals surface area contributed by atoms with Crippen LogP contribution in [-0.2, 0) is 11.3 Å². The Kier molecular flexibility index (Phi) is 7.41. The summed E-state index contributed by atoms with van der Waals surface area (Å²) in [6.45, 7) is 8.72. The van der Waals surface area contributed by atoms with Crippen LogP contribution in [-0.4, -0.2) is 33.5 Å². The fraction of sp³-hybridized carbons (Fsp3) is 0.625. The van der Waals surface area contributed by atoms with Crippen LogP contribution in [0.4, 0.5) is 0 Å². The maximum Gasteiger partial charge on any atom is 0.128 e. The maximum absolute atomic E-state index is 5.94. The van der Waals surface area contributed by atoms with Crippen LogP contribution in [0.5, 0.6) is 11.5 Å². The molecule has 0 spiro atoms. The predicted octanol–water partition coefficient (Wildman–Crippen LogP) is 2.85. The number of nitrogens with one attached hydrogen (secondary N) is 1. The lowest BCUT2D eigenvalue weighted by molar-refractivity contribution is 0.0911. The molecule has 1 unspecified atom stereocenters. The van der Waals surface area contributed by atoms with Gasteiger partial charge in [0, 0.05) is 25.3 Å². The second-order valence-electron chi connectivity index (χ2n) is 5.38. The first-order chi connectivity index (χ1) is 9.56. The number of methoxy groups -OCH3 is 2. The van der Waals surface area contributed by atoms with Crippen molar-refractivity contribution in [1.82, 2.24) is 5.32 Å². The monoisotopic (exact) mass is 281 g/mol. The highest BCUT2D eigenvalue weighted by atomic mass is 16.5. The normalized spacial score (nSPS) is 12.5. The van der Waals surface area contributed by atoms with E-state index in [0.717, 1.165) is 30.2 Å². The Morgan fingerprint density at radius 2 is 1.90 bits per heavy atom. The summed E-state index contributed by atoms with van der Waals surface area (Å²) in [7, 11) is 3.34. The van der Waals surface area contributed by atoms with E-state index in [4.69, 9.17) is 14.2 Å². The second kappa shape index (κ2) is 8.82. The topological polar surface area (TPSA) is 39.7 Å². The Bertz CT molecular complexity index is 393. The van der Waals surface area contributed by atoms with Gasteiger partial charge in [0.15, 0.2) is 0 Å². The largest absolute Gasteiger partial charge is 0.497 e. The number of ether oxygens (including phenoxy) is 3. The van der Waals surface area contributed by atoms with Gasteiger partial charge in [0.25, 0.3) is 0 Å². The van der Waals surface area contributed by atoms with Crippen LogP contribution < -0.4 is 14.8 Å². The molecule has 1 aromatic carbocycles. The Balaban J connectivity index is 2.75. The van der Waals surface area contributed by atoms with Gasteiger partial charge in [-0.15, -0.1) is 0 Å². The predicted molar refractivity (Wildman–Crippen MR) is 81.5 cm³/mol. The molecule has 1 aromatic rings. The first kappa shape index (κ1) is 16.8. The van der Waals surface area contributed by atoms with Gasteiger partial charge in [-0.3, -0.25) is 0 Å². The molecule has 20 heavy (non-hydrogen) atoms. The minimum atomic E-state index is 0.0101. The molecule has 0 radical (unpaired) electrons. The molecule has 4 nitrogen and oxygen atoms in total. The summed E-state index contributed by atoms with van der Waals surface area (Å²) in [6, 6.07) is 5.93. The third-order valence-electron chi connectivity index (χ3n) is 2.87. The average molecular weight is 281 g/mol. The van der Waals surface area contributed by atoms with Crippen molar-refractivity contribution in [3.63, 3.8) is 0 Å². The van der Waals surface area contributed by atoms with E-state index in [1.54, 1.807) is 14.2 Å². The van der Waals surface area contributed by atoms with Crippen LogP contribution in [0.3, 0.4) is 0 Å². The molecular weight excluding hydrogens is 254 g/mol. The summed E-state index contributed by atoms with van der Waals surface area (Å²) < 4.78 is 16.3. The van der Waals surface area contributed by atoms with Crippen molar-refractivity contribution in [3.8, 4) is 11.5 Å². The van der Waals surface area contributed by atoms with E-state index in [9.17, 15) is 0 Å². The van der Waals surface area contributed by atoms with Crippen LogP contribution in [0, 0.1) is 5.92 Å². The quantitative estimate of drug-likeness (QED) is 0.755. The fourth-order valence-electron chi connectivity index (χ4n) is 1.90. The number of hydrogen-bond donors (Lipinski definition) is 1. The lowest BCUT2D eigenvalue weighted by Gasteiger charge is -2.18. The van der Waals surface area contributed by atoms with Crippen LogP contribution in [0.1, 0.15) is 26.3 Å². The summed E-state index contributed by atoms with van der Waals surface area (Å²) in [5.41, 5.74) is 1.13. The summed E-state index contributed by atoms with van der Waals surface area (Å²) >= 11 is 0. The molecule has 1 rings (SSSR count). The molecule has 0 aromatic heterocycles. The Labute approximate surface area is 122 Å². The van der Waals surface area contributed by atoms with E-state index >= 15 is 0 Å². The highest BCUT2D eigenvalue weighted by molar-refractivity contribution is 5.40. The molecule has 1 atom stereocenters. The van der Waals surface area contributed by atoms with Gasteiger partial charge in [-0.25, -0.2) is 0 Å². The van der Waals surface area contributed by atoms with Crippen LogP contribution >= 0.6 is 0 Å². The Morgan fingerprint density at radius 1 is 1.15 bits per heavy atom. The smallest absolute Gasteiger partial charge is 0.128 e. The van der Waals surface area contributed by atoms with Crippen molar-refractivity contribution >= 4 is 0 Å². The van der Waals surface area contributed by atoms with Crippen LogP contribution in [0.25, 0.3) is 0 Å². The van der Waals surface area contributed by atoms with Crippen molar-refractivity contribution in [2.24, 2.45) is 5.92 Å². The van der Waals surface area contributed by atoms with Crippen molar-refractivity contribution < 1.29 is 14.2 Å². The molecule has 0 aliphatic heterocycles. The number of rotatable bonds is 9. The highest BCUT2D eigenvalue weighted by Crippen LogP contribution is 2.26. The van der Waals surface area contributed by atoms with E-state index in [0.29, 0.717) is 12.5 Å². The molecular formula is C16H27NO3. The van der Waals surface area contributed by atoms with Gasteiger partial charge < -0.3 is 19.5 Å². The van der Waals surface area contributed by atoms with Crippen molar-refractivity contribution in [2.45, 2.75) is 33.4 Å². The minimum absolute atomic E-state index is 0.0101. The first-order valence-electron chi connectivity index (χ1n) is 7.10. The van der Waals surface area contributed by atoms with E-state index < -0.39 is 0 Å². The van der Waals surface area contributed by atoms with Gasteiger partial charge in [0.05, 0.1) is 13.7 Å². The van der Waals surface area contributed by atoms with Gasteiger partial charge in [-0.2, -0.15) is 0 Å². The molecule has 0 saturated heterocycles. The molecule has 0 aliphatic carbocycles. The summed E-state index contributed by atoms with van der Waals surface area (Å²) in [5.74, 6) is 2.28. The van der Waals surface area contributed by atoms with Crippen LogP contribution in [0.2, 0.25) is 0 Å². The van der Waals surface area contributed by atoms with E-state index in [1.165, 1.54) is 0 Å². The first-order valence-corrected chi connectivity index (χ1v) is 7.10. The minimum Gasteiger partial charge on any atom is -0.497 e. The molecule has 0 saturated carbocycles. The summed E-state index contributed by atoms with van der Waals surface area (Å²) in [6.07, 6.45) is 0.0101. The zero-order valence-electron chi connectivity index (χ0n) is 13.2. The van der Waals surface area contributed by atoms with E-state index in [1.807, 2.05) is 25.1 Å². The lowest BCUT2D eigenvalue weighted by Crippen LogP contribution is -2.22. The van der Waals surface area contributed by atoms with Crippen molar-refractivity contribution in [1.29, 1.82) is 0 Å². The Morgan fingerprint density at radius 3 is 2.50 bits per heavy atom. The molecule has 4 heteroatoms. The number of hydrogen-bond acceptors (Lipinski definition) is 4. The van der Waals surface area contributed by atoms with Gasteiger partial charge in [0.2, 0.25) is 0 Å². The fourth-order valence-corrected chi connectivity index (χ4v) is 1.90. The summed E-state index contributed by atoms with van der Waals surface area (Å²) in [4.78, 5) is 0. The summed E-state index contributed by atoms with van der Waals surface area (Å²) in [5, 5.41) is 3.43. The van der Waals surface area contributed by atoms with Gasteiger partial charge in [0.1, 0.15) is 17.6 Å². The molecule has 0 aliphatic rings. The average Bonchev–Trinajstić information content (AvgIpc) is 2.40. The Hall–Kier alpha value is -1.26. The van der Waals surface area contributed by atoms with Gasteiger partial charge in [-0.05, 0) is 25.5 Å². The zero-order chi connectivity index (χ0) is 15.0. The third kappa shape index (κ3) is 5.80. The molecule has 114 valence electrons. The molecule has 0 fully saturated rings. The molecule has 0 bridgehead atoms. The lowest BCUT2D eigenvalue weighted by atomic mass is 10.1. The number of benzene rings is 1. The van der Waals surface area contributed by atoms with Crippen molar-refractivity contribution in [3.05, 3.63) is 23.8 Å². The van der Waals surface area contributed by atoms with Gasteiger partial charge >= 0.3 is 0 Å². The molecule has 0 heterocycles. The molecule has 0 amide bonds.